The Bertz CT molecular complexity index is 751. The summed E-state index contributed by atoms with van der Waals surface area (Å²) in [4.78, 5) is 23.5. The van der Waals surface area contributed by atoms with Crippen LogP contribution in [0.5, 0.6) is 11.5 Å². The van der Waals surface area contributed by atoms with Gasteiger partial charge in [0.05, 0.1) is 33.3 Å². The van der Waals surface area contributed by atoms with Crippen LogP contribution >= 0.6 is 0 Å². The number of benzene rings is 2. The smallest absolute Gasteiger partial charge is 0.335 e. The molecule has 0 saturated carbocycles. The van der Waals surface area contributed by atoms with E-state index in [9.17, 15) is 14.7 Å². The molecule has 2 aromatic carbocycles. The number of carbonyl (C=O) groups is 2. The zero-order valence-corrected chi connectivity index (χ0v) is 14.3. The van der Waals surface area contributed by atoms with Gasteiger partial charge in [0.15, 0.2) is 0 Å². The molecule has 1 N–H and O–H groups in total. The first-order valence-electron chi connectivity index (χ1n) is 7.62. The van der Waals surface area contributed by atoms with Crippen molar-refractivity contribution in [2.24, 2.45) is 0 Å². The van der Waals surface area contributed by atoms with E-state index in [1.165, 1.54) is 20.3 Å². The summed E-state index contributed by atoms with van der Waals surface area (Å²) in [6, 6.07) is 11.8. The van der Waals surface area contributed by atoms with Gasteiger partial charge in [0, 0.05) is 5.92 Å². The molecule has 0 aliphatic heterocycles. The number of carboxylic acids is 1. The largest absolute Gasteiger partial charge is 0.497 e. The first-order valence-corrected chi connectivity index (χ1v) is 7.62. The average molecular weight is 344 g/mol. The van der Waals surface area contributed by atoms with Crippen molar-refractivity contribution in [3.05, 3.63) is 59.2 Å². The second-order valence-electron chi connectivity index (χ2n) is 5.36. The highest BCUT2D eigenvalue weighted by Crippen LogP contribution is 2.34. The molecule has 0 bridgehead atoms. The fourth-order valence-electron chi connectivity index (χ4n) is 2.64. The van der Waals surface area contributed by atoms with Gasteiger partial charge in [-0.25, -0.2) is 4.79 Å². The van der Waals surface area contributed by atoms with E-state index in [-0.39, 0.29) is 12.0 Å². The van der Waals surface area contributed by atoms with E-state index in [1.54, 1.807) is 43.5 Å². The van der Waals surface area contributed by atoms with Crippen LogP contribution in [0.4, 0.5) is 0 Å². The molecule has 1 atom stereocenters. The minimum Gasteiger partial charge on any atom is -0.497 e. The molecule has 6 nitrogen and oxygen atoms in total. The topological polar surface area (TPSA) is 82.1 Å². The number of hydrogen-bond acceptors (Lipinski definition) is 5. The third-order valence-electron chi connectivity index (χ3n) is 3.98. The molecule has 0 heterocycles. The monoisotopic (exact) mass is 344 g/mol. The normalized spacial score (nSPS) is 11.5. The van der Waals surface area contributed by atoms with E-state index in [4.69, 9.17) is 14.2 Å². The molecule has 6 heteroatoms. The average Bonchev–Trinajstić information content (AvgIpc) is 2.65. The maximum atomic E-state index is 11.9. The molecular weight excluding hydrogens is 324 g/mol. The van der Waals surface area contributed by atoms with Crippen molar-refractivity contribution in [2.75, 3.05) is 21.3 Å². The van der Waals surface area contributed by atoms with Crippen molar-refractivity contribution in [1.82, 2.24) is 0 Å². The SMILES string of the molecule is COC(=O)CC(c1ccc(OC)cc1)c1cc(OC)ccc1C(=O)O. The van der Waals surface area contributed by atoms with Gasteiger partial charge in [-0.1, -0.05) is 12.1 Å². The van der Waals surface area contributed by atoms with Gasteiger partial charge >= 0.3 is 11.9 Å². The van der Waals surface area contributed by atoms with Crippen LogP contribution in [-0.4, -0.2) is 38.4 Å². The van der Waals surface area contributed by atoms with Crippen molar-refractivity contribution in [3.63, 3.8) is 0 Å². The predicted octanol–water partition coefficient (Wildman–Crippen LogP) is 3.10. The molecule has 0 aliphatic rings. The minimum absolute atomic E-state index is 0.0102. The molecule has 132 valence electrons. The Morgan fingerprint density at radius 3 is 2.08 bits per heavy atom. The van der Waals surface area contributed by atoms with Gasteiger partial charge < -0.3 is 19.3 Å². The fraction of sp³-hybridized carbons (Fsp3) is 0.263. The lowest BCUT2D eigenvalue weighted by Gasteiger charge is -2.20. The van der Waals surface area contributed by atoms with Crippen LogP contribution in [0.25, 0.3) is 0 Å². The van der Waals surface area contributed by atoms with Crippen LogP contribution in [0.3, 0.4) is 0 Å². The van der Waals surface area contributed by atoms with Gasteiger partial charge in [0.2, 0.25) is 0 Å². The highest BCUT2D eigenvalue weighted by Gasteiger charge is 2.24. The minimum atomic E-state index is -1.07. The first-order chi connectivity index (χ1) is 12.0. The molecule has 2 rings (SSSR count). The van der Waals surface area contributed by atoms with Gasteiger partial charge in [-0.2, -0.15) is 0 Å². The van der Waals surface area contributed by atoms with Crippen molar-refractivity contribution in [1.29, 1.82) is 0 Å². The molecule has 0 saturated heterocycles. The Morgan fingerprint density at radius 1 is 0.960 bits per heavy atom. The van der Waals surface area contributed by atoms with E-state index in [0.29, 0.717) is 17.1 Å². The van der Waals surface area contributed by atoms with Gasteiger partial charge in [0.25, 0.3) is 0 Å². The zero-order valence-electron chi connectivity index (χ0n) is 14.3. The molecule has 0 fully saturated rings. The lowest BCUT2D eigenvalue weighted by atomic mass is 9.85. The Hall–Kier alpha value is -3.02. The summed E-state index contributed by atoms with van der Waals surface area (Å²) in [6.07, 6.45) is 0.0102. The van der Waals surface area contributed by atoms with Gasteiger partial charge in [-0.15, -0.1) is 0 Å². The van der Waals surface area contributed by atoms with Crippen LogP contribution in [0.1, 0.15) is 33.8 Å². The van der Waals surface area contributed by atoms with Gasteiger partial charge in [-0.05, 0) is 41.5 Å². The number of esters is 1. The second-order valence-corrected chi connectivity index (χ2v) is 5.36. The summed E-state index contributed by atoms with van der Waals surface area (Å²) in [5, 5.41) is 9.52. The molecule has 0 aromatic heterocycles. The number of aromatic carboxylic acids is 1. The van der Waals surface area contributed by atoms with Gasteiger partial charge in [0.1, 0.15) is 11.5 Å². The van der Waals surface area contributed by atoms with Crippen LogP contribution in [0.15, 0.2) is 42.5 Å². The first kappa shape index (κ1) is 18.3. The zero-order chi connectivity index (χ0) is 18.4. The summed E-state index contributed by atoms with van der Waals surface area (Å²) in [7, 11) is 4.37. The van der Waals surface area contributed by atoms with Crippen molar-refractivity contribution < 1.29 is 28.9 Å². The molecular formula is C19H20O6. The van der Waals surface area contributed by atoms with Crippen molar-refractivity contribution >= 4 is 11.9 Å². The van der Waals surface area contributed by atoms with Crippen molar-refractivity contribution in [2.45, 2.75) is 12.3 Å². The van der Waals surface area contributed by atoms with Gasteiger partial charge in [-0.3, -0.25) is 4.79 Å². The Labute approximate surface area is 146 Å². The molecule has 0 radical (unpaired) electrons. The maximum absolute atomic E-state index is 11.9. The quantitative estimate of drug-likeness (QED) is 0.777. The number of carboxylic acid groups (broad SMARTS) is 1. The molecule has 1 unspecified atom stereocenters. The Morgan fingerprint density at radius 2 is 1.56 bits per heavy atom. The second kappa shape index (κ2) is 8.19. The maximum Gasteiger partial charge on any atom is 0.335 e. The molecule has 2 aromatic rings. The van der Waals surface area contributed by atoms with E-state index < -0.39 is 17.9 Å². The summed E-state index contributed by atoms with van der Waals surface area (Å²) < 4.78 is 15.1. The molecule has 0 amide bonds. The van der Waals surface area contributed by atoms with E-state index in [0.717, 1.165) is 5.56 Å². The van der Waals surface area contributed by atoms with Crippen LogP contribution in [0.2, 0.25) is 0 Å². The van der Waals surface area contributed by atoms with E-state index >= 15 is 0 Å². The third kappa shape index (κ3) is 4.29. The van der Waals surface area contributed by atoms with E-state index in [2.05, 4.69) is 0 Å². The Kier molecular flexibility index (Phi) is 6.00. The third-order valence-corrected chi connectivity index (χ3v) is 3.98. The highest BCUT2D eigenvalue weighted by molar-refractivity contribution is 5.90. The summed E-state index contributed by atoms with van der Waals surface area (Å²) >= 11 is 0. The Balaban J connectivity index is 2.57. The number of rotatable bonds is 7. The number of hydrogen-bond donors (Lipinski definition) is 1. The summed E-state index contributed by atoms with van der Waals surface area (Å²) in [6.45, 7) is 0. The molecule has 25 heavy (non-hydrogen) atoms. The number of methoxy groups -OCH3 is 3. The number of carbonyl (C=O) groups excluding carboxylic acids is 1. The van der Waals surface area contributed by atoms with Crippen molar-refractivity contribution in [3.8, 4) is 11.5 Å². The molecule has 0 aliphatic carbocycles. The lowest BCUT2D eigenvalue weighted by Crippen LogP contribution is -2.14. The lowest BCUT2D eigenvalue weighted by molar-refractivity contribution is -0.140. The molecule has 0 spiro atoms. The van der Waals surface area contributed by atoms with Crippen LogP contribution < -0.4 is 9.47 Å². The van der Waals surface area contributed by atoms with Crippen LogP contribution in [0, 0.1) is 0 Å². The van der Waals surface area contributed by atoms with Crippen LogP contribution in [-0.2, 0) is 9.53 Å². The summed E-state index contributed by atoms with van der Waals surface area (Å²) in [5.74, 6) is -0.798. The standard InChI is InChI=1S/C19H20O6/c1-23-13-6-4-12(5-7-13)16(11-18(20)25-3)17-10-14(24-2)8-9-15(17)19(21)22/h4-10,16H,11H2,1-3H3,(H,21,22). The van der Waals surface area contributed by atoms with E-state index in [1.807, 2.05) is 0 Å². The fourth-order valence-corrected chi connectivity index (χ4v) is 2.64. The highest BCUT2D eigenvalue weighted by atomic mass is 16.5. The summed E-state index contributed by atoms with van der Waals surface area (Å²) in [5.41, 5.74) is 1.38. The number of ether oxygens (including phenoxy) is 3. The predicted molar refractivity (Wildman–Crippen MR) is 91.4 cm³/mol.